The Morgan fingerprint density at radius 2 is 1.76 bits per heavy atom. The standard InChI is InChI=1S/C29H29F2N5O2/c1-29(2,18-9-5-4-6-10-18)35-14-13-23-20(17-35)27(36(34-23)25-11-7-8-12-26(25)38-3)19-15-22(31)24(16-21(19)30)33-28(32)37/h4-12,15-16H,13-14,17H2,1-3H3,(H3,32,33,37). The van der Waals surface area contributed by atoms with Gasteiger partial charge in [-0.05, 0) is 37.6 Å². The molecule has 4 aromatic rings. The molecule has 1 aromatic heterocycles. The van der Waals surface area contributed by atoms with Crippen LogP contribution in [0.5, 0.6) is 5.75 Å². The predicted molar refractivity (Wildman–Crippen MR) is 142 cm³/mol. The molecule has 196 valence electrons. The molecule has 0 saturated carbocycles. The molecule has 3 aromatic carbocycles. The lowest BCUT2D eigenvalue weighted by atomic mass is 9.89. The van der Waals surface area contributed by atoms with E-state index in [4.69, 9.17) is 15.6 Å². The van der Waals surface area contributed by atoms with Gasteiger partial charge in [-0.15, -0.1) is 0 Å². The van der Waals surface area contributed by atoms with E-state index in [-0.39, 0.29) is 16.8 Å². The monoisotopic (exact) mass is 517 g/mol. The third-order valence-electron chi connectivity index (χ3n) is 7.19. The van der Waals surface area contributed by atoms with Crippen LogP contribution < -0.4 is 15.8 Å². The van der Waals surface area contributed by atoms with Crippen molar-refractivity contribution in [3.8, 4) is 22.7 Å². The lowest BCUT2D eigenvalue weighted by molar-refractivity contribution is 0.103. The number of urea groups is 1. The summed E-state index contributed by atoms with van der Waals surface area (Å²) in [6, 6.07) is 18.5. The van der Waals surface area contributed by atoms with Crippen LogP contribution in [0.4, 0.5) is 19.3 Å². The number of ether oxygens (including phenoxy) is 1. The van der Waals surface area contributed by atoms with Crippen LogP contribution in [0.15, 0.2) is 66.7 Å². The molecule has 2 heterocycles. The van der Waals surface area contributed by atoms with Crippen molar-refractivity contribution in [3.05, 3.63) is 95.2 Å². The SMILES string of the molecule is COc1ccccc1-n1nc2c(c1-c1cc(F)c(NC(N)=O)cc1F)CN(C(C)(C)c1ccccc1)CC2. The molecule has 1 aliphatic heterocycles. The second-order valence-corrected chi connectivity index (χ2v) is 9.76. The number of benzene rings is 3. The summed E-state index contributed by atoms with van der Waals surface area (Å²) in [6.07, 6.45) is 0.631. The quantitative estimate of drug-likeness (QED) is 0.348. The molecule has 0 aliphatic carbocycles. The van der Waals surface area contributed by atoms with E-state index in [1.807, 2.05) is 36.4 Å². The molecule has 0 fully saturated rings. The number of rotatable bonds is 6. The highest BCUT2D eigenvalue weighted by atomic mass is 19.1. The first-order chi connectivity index (χ1) is 18.2. The molecule has 1 aliphatic rings. The number of nitrogens with one attached hydrogen (secondary N) is 1. The Morgan fingerprint density at radius 1 is 1.05 bits per heavy atom. The molecule has 0 spiro atoms. The first-order valence-electron chi connectivity index (χ1n) is 12.3. The molecule has 7 nitrogen and oxygen atoms in total. The van der Waals surface area contributed by atoms with Crippen molar-refractivity contribution in [2.45, 2.75) is 32.4 Å². The predicted octanol–water partition coefficient (Wildman–Crippen LogP) is 5.61. The van der Waals surface area contributed by atoms with Crippen LogP contribution in [-0.2, 0) is 18.5 Å². The van der Waals surface area contributed by atoms with Gasteiger partial charge in [-0.1, -0.05) is 42.5 Å². The van der Waals surface area contributed by atoms with Crippen molar-refractivity contribution >= 4 is 11.7 Å². The summed E-state index contributed by atoms with van der Waals surface area (Å²) in [7, 11) is 1.55. The number of para-hydroxylation sites is 2. The first-order valence-corrected chi connectivity index (χ1v) is 12.3. The molecule has 5 rings (SSSR count). The van der Waals surface area contributed by atoms with E-state index in [1.165, 1.54) is 0 Å². The zero-order valence-corrected chi connectivity index (χ0v) is 21.5. The Kier molecular flexibility index (Phi) is 6.62. The fraction of sp³-hybridized carbons (Fsp3) is 0.241. The number of anilines is 1. The van der Waals surface area contributed by atoms with Crippen molar-refractivity contribution in [3.63, 3.8) is 0 Å². The Morgan fingerprint density at radius 3 is 2.47 bits per heavy atom. The largest absolute Gasteiger partial charge is 0.494 e. The van der Waals surface area contributed by atoms with Crippen molar-refractivity contribution in [2.24, 2.45) is 5.73 Å². The normalized spacial score (nSPS) is 13.7. The van der Waals surface area contributed by atoms with Crippen LogP contribution in [0.1, 0.15) is 30.7 Å². The smallest absolute Gasteiger partial charge is 0.316 e. The molecule has 0 bridgehead atoms. The van der Waals surface area contributed by atoms with E-state index in [0.717, 1.165) is 35.5 Å². The fourth-order valence-electron chi connectivity index (χ4n) is 5.09. The van der Waals surface area contributed by atoms with E-state index in [9.17, 15) is 4.79 Å². The summed E-state index contributed by atoms with van der Waals surface area (Å²) in [4.78, 5) is 13.6. The Hall–Kier alpha value is -4.24. The van der Waals surface area contributed by atoms with Gasteiger partial charge in [0.05, 0.1) is 24.2 Å². The topological polar surface area (TPSA) is 85.4 Å². The molecule has 2 amide bonds. The zero-order valence-electron chi connectivity index (χ0n) is 21.5. The number of hydrogen-bond donors (Lipinski definition) is 2. The van der Waals surface area contributed by atoms with E-state index in [2.05, 4.69) is 36.2 Å². The molecule has 0 radical (unpaired) electrons. The van der Waals surface area contributed by atoms with Crippen LogP contribution >= 0.6 is 0 Å². The van der Waals surface area contributed by atoms with Crippen molar-refractivity contribution in [2.75, 3.05) is 19.0 Å². The van der Waals surface area contributed by atoms with Gasteiger partial charge < -0.3 is 15.8 Å². The van der Waals surface area contributed by atoms with Crippen LogP contribution in [0.3, 0.4) is 0 Å². The van der Waals surface area contributed by atoms with Gasteiger partial charge in [0, 0.05) is 42.2 Å². The molecule has 0 atom stereocenters. The number of carbonyl (C=O) groups excluding carboxylic acids is 1. The van der Waals surface area contributed by atoms with E-state index in [1.54, 1.807) is 17.9 Å². The lowest BCUT2D eigenvalue weighted by Crippen LogP contribution is -2.44. The van der Waals surface area contributed by atoms with Crippen molar-refractivity contribution in [1.29, 1.82) is 0 Å². The minimum atomic E-state index is -0.980. The molecule has 0 unspecified atom stereocenters. The van der Waals surface area contributed by atoms with Gasteiger partial charge in [0.25, 0.3) is 0 Å². The van der Waals surface area contributed by atoms with Crippen LogP contribution in [0, 0.1) is 11.6 Å². The average molecular weight is 518 g/mol. The summed E-state index contributed by atoms with van der Waals surface area (Å²) >= 11 is 0. The molecule has 38 heavy (non-hydrogen) atoms. The van der Waals surface area contributed by atoms with Crippen LogP contribution in [0.2, 0.25) is 0 Å². The molecule has 3 N–H and O–H groups in total. The molecular weight excluding hydrogens is 488 g/mol. The maximum absolute atomic E-state index is 15.6. The van der Waals surface area contributed by atoms with Gasteiger partial charge in [-0.25, -0.2) is 18.3 Å². The van der Waals surface area contributed by atoms with Crippen LogP contribution in [0.25, 0.3) is 16.9 Å². The second kappa shape index (κ2) is 9.90. The Balaban J connectivity index is 1.69. The number of primary amides is 1. The lowest BCUT2D eigenvalue weighted by Gasteiger charge is -2.41. The molecule has 9 heteroatoms. The third-order valence-corrected chi connectivity index (χ3v) is 7.19. The zero-order chi connectivity index (χ0) is 27.0. The highest BCUT2D eigenvalue weighted by molar-refractivity contribution is 5.88. The number of carbonyl (C=O) groups is 1. The van der Waals surface area contributed by atoms with Crippen molar-refractivity contribution in [1.82, 2.24) is 14.7 Å². The summed E-state index contributed by atoms with van der Waals surface area (Å²) in [6.45, 7) is 5.53. The van der Waals surface area contributed by atoms with Gasteiger partial charge in [-0.3, -0.25) is 4.90 Å². The second-order valence-electron chi connectivity index (χ2n) is 9.76. The number of amides is 2. The minimum Gasteiger partial charge on any atom is -0.494 e. The Bertz CT molecular complexity index is 1500. The van der Waals surface area contributed by atoms with Gasteiger partial charge in [-0.2, -0.15) is 5.10 Å². The van der Waals surface area contributed by atoms with Gasteiger partial charge in [0.2, 0.25) is 0 Å². The summed E-state index contributed by atoms with van der Waals surface area (Å²) in [5.74, 6) is -0.976. The molecular formula is C29H29F2N5O2. The molecule has 0 saturated heterocycles. The number of fused-ring (bicyclic) bond motifs is 1. The summed E-state index contributed by atoms with van der Waals surface area (Å²) in [5.41, 5.74) is 8.31. The van der Waals surface area contributed by atoms with Crippen molar-refractivity contribution < 1.29 is 18.3 Å². The van der Waals surface area contributed by atoms with E-state index < -0.39 is 17.7 Å². The third kappa shape index (κ3) is 4.50. The van der Waals surface area contributed by atoms with Gasteiger partial charge in [0.15, 0.2) is 0 Å². The van der Waals surface area contributed by atoms with Gasteiger partial charge in [0.1, 0.15) is 23.1 Å². The summed E-state index contributed by atoms with van der Waals surface area (Å²) in [5, 5.41) is 7.00. The maximum Gasteiger partial charge on any atom is 0.316 e. The number of hydrogen-bond acceptors (Lipinski definition) is 4. The number of methoxy groups -OCH3 is 1. The maximum atomic E-state index is 15.6. The highest BCUT2D eigenvalue weighted by Gasteiger charge is 2.35. The van der Waals surface area contributed by atoms with Crippen LogP contribution in [-0.4, -0.2) is 34.4 Å². The Labute approximate surface area is 219 Å². The number of aromatic nitrogens is 2. The average Bonchev–Trinajstić information content (AvgIpc) is 3.29. The van der Waals surface area contributed by atoms with E-state index >= 15 is 8.78 Å². The van der Waals surface area contributed by atoms with Gasteiger partial charge >= 0.3 is 6.03 Å². The number of nitrogens with zero attached hydrogens (tertiary/aromatic N) is 3. The highest BCUT2D eigenvalue weighted by Crippen LogP contribution is 2.40. The number of nitrogens with two attached hydrogens (primary N) is 1. The number of halogens is 2. The van der Waals surface area contributed by atoms with E-state index in [0.29, 0.717) is 30.1 Å². The summed E-state index contributed by atoms with van der Waals surface area (Å²) < 4.78 is 37.9. The minimum absolute atomic E-state index is 0.0246. The fourth-order valence-corrected chi connectivity index (χ4v) is 5.09. The first kappa shape index (κ1) is 25.4.